The van der Waals surface area contributed by atoms with Crippen LogP contribution in [0.25, 0.3) is 0 Å². The number of hydrogen-bond donors (Lipinski definition) is 2. The first-order valence-corrected chi connectivity index (χ1v) is 1.19. The molecule has 0 aromatic rings. The van der Waals surface area contributed by atoms with Crippen LogP contribution < -0.4 is 5.73 Å². The van der Waals surface area contributed by atoms with Crippen molar-refractivity contribution < 1.29 is 9.90 Å². The molecule has 0 aromatic carbocycles. The number of aliphatic carboxylic acids is 1. The molecule has 4 heteroatoms. The fraction of sp³-hybridized carbons (Fsp3) is 0.500. The van der Waals surface area contributed by atoms with Crippen LogP contribution in [0.15, 0.2) is 0 Å². The number of hydrogen-bond acceptors (Lipinski definition) is 2. The Balaban J connectivity index is 0. The van der Waals surface area contributed by atoms with Crippen LogP contribution in [0.2, 0.25) is 0 Å². The number of nitrogens with two attached hydrogens (primary N) is 1. The molecule has 0 saturated carbocycles. The van der Waals surface area contributed by atoms with E-state index in [-0.39, 0.29) is 24.1 Å². The van der Waals surface area contributed by atoms with Crippen molar-refractivity contribution in [2.45, 2.75) is 0 Å². The van der Waals surface area contributed by atoms with Gasteiger partial charge < -0.3 is 10.8 Å². The molecule has 3 nitrogen and oxygen atoms in total. The zero-order valence-corrected chi connectivity index (χ0v) is 2.64. The van der Waals surface area contributed by atoms with Gasteiger partial charge in [0.15, 0.2) is 0 Å². The molecule has 38 valence electrons. The number of carbonyl (C=O) groups is 1. The molecule has 0 spiro atoms. The molecule has 0 radical (unpaired) electrons. The van der Waals surface area contributed by atoms with Crippen molar-refractivity contribution >= 4 is 23.6 Å². The van der Waals surface area contributed by atoms with E-state index in [1.54, 1.807) is 0 Å². The Morgan fingerprint density at radius 2 is 2.00 bits per heavy atom. The van der Waals surface area contributed by atoms with E-state index in [1.165, 1.54) is 0 Å². The van der Waals surface area contributed by atoms with Gasteiger partial charge in [-0.1, -0.05) is 0 Å². The van der Waals surface area contributed by atoms with Crippen molar-refractivity contribution in [2.75, 3.05) is 6.54 Å². The third kappa shape index (κ3) is 9.02. The van der Waals surface area contributed by atoms with E-state index < -0.39 is 5.97 Å². The quantitative estimate of drug-likeness (QED) is 0.410. The molecule has 0 atom stereocenters. The molecule has 0 aliphatic carbocycles. The summed E-state index contributed by atoms with van der Waals surface area (Å²) in [5, 5.41) is 7.60. The Kier molecular flexibility index (Phi) is 7.76. The molecule has 0 amide bonds. The summed E-state index contributed by atoms with van der Waals surface area (Å²) in [4.78, 5) is 9.24. The molecule has 0 aliphatic rings. The SMILES string of the molecule is NCC(=O)O.[GeH4]. The van der Waals surface area contributed by atoms with E-state index in [4.69, 9.17) is 5.11 Å². The van der Waals surface area contributed by atoms with Crippen molar-refractivity contribution in [1.29, 1.82) is 0 Å². The predicted molar refractivity (Wildman–Crippen MR) is 28.0 cm³/mol. The van der Waals surface area contributed by atoms with Crippen LogP contribution in [0.5, 0.6) is 0 Å². The molecule has 0 unspecified atom stereocenters. The molecule has 0 fully saturated rings. The second kappa shape index (κ2) is 4.97. The average Bonchev–Trinajstić information content (AvgIpc) is 1.38. The van der Waals surface area contributed by atoms with E-state index in [2.05, 4.69) is 5.73 Å². The van der Waals surface area contributed by atoms with Crippen LogP contribution in [0.3, 0.4) is 0 Å². The first-order valence-electron chi connectivity index (χ1n) is 1.19. The molecule has 0 bridgehead atoms. The van der Waals surface area contributed by atoms with Crippen LogP contribution >= 0.6 is 0 Å². The maximum absolute atomic E-state index is 9.24. The molecule has 0 rings (SSSR count). The molecule has 3 N–H and O–H groups in total. The first-order chi connectivity index (χ1) is 2.27. The summed E-state index contributed by atoms with van der Waals surface area (Å²) in [6.07, 6.45) is 0. The molecular weight excluding hydrogens is 143 g/mol. The standard InChI is InChI=1S/C2H5NO2.GeH4/c3-1-2(4)5;/h1,3H2,(H,4,5);1H4. The first kappa shape index (κ1) is 9.36. The molecular formula is C2H9GeNO2. The monoisotopic (exact) mass is 153 g/mol. The second-order valence-corrected chi connectivity index (χ2v) is 0.598. The van der Waals surface area contributed by atoms with Crippen molar-refractivity contribution in [3.8, 4) is 0 Å². The summed E-state index contributed by atoms with van der Waals surface area (Å²) in [5.41, 5.74) is 4.57. The van der Waals surface area contributed by atoms with Gasteiger partial charge in [0, 0.05) is 0 Å². The van der Waals surface area contributed by atoms with Crippen LogP contribution in [0.1, 0.15) is 0 Å². The van der Waals surface area contributed by atoms with Gasteiger partial charge in [-0.2, -0.15) is 0 Å². The normalized spacial score (nSPS) is 6.17. The summed E-state index contributed by atoms with van der Waals surface area (Å²) in [6, 6.07) is 0. The van der Waals surface area contributed by atoms with Crippen LogP contribution in [0, 0.1) is 0 Å². The molecule has 0 aromatic heterocycles. The van der Waals surface area contributed by atoms with Crippen LogP contribution in [-0.2, 0) is 4.79 Å². The van der Waals surface area contributed by atoms with E-state index >= 15 is 0 Å². The van der Waals surface area contributed by atoms with Crippen LogP contribution in [0.4, 0.5) is 0 Å². The fourth-order valence-corrected chi connectivity index (χ4v) is 0. The zero-order valence-electron chi connectivity index (χ0n) is 2.64. The predicted octanol–water partition coefficient (Wildman–Crippen LogP) is -2.42. The Morgan fingerprint density at radius 3 is 2.00 bits per heavy atom. The Bertz CT molecular complexity index is 46.8. The third-order valence-corrected chi connectivity index (χ3v) is 0.175. The van der Waals surface area contributed by atoms with Gasteiger partial charge in [-0.25, -0.2) is 0 Å². The molecule has 0 saturated heterocycles. The fourth-order valence-electron chi connectivity index (χ4n) is 0. The van der Waals surface area contributed by atoms with Gasteiger partial charge in [0.05, 0.1) is 6.54 Å². The number of rotatable bonds is 1. The summed E-state index contributed by atoms with van der Waals surface area (Å²) in [7, 11) is 0. The van der Waals surface area contributed by atoms with E-state index in [0.717, 1.165) is 0 Å². The minimum absolute atomic E-state index is 0. The van der Waals surface area contributed by atoms with Gasteiger partial charge in [0.2, 0.25) is 0 Å². The van der Waals surface area contributed by atoms with Crippen molar-refractivity contribution in [2.24, 2.45) is 5.73 Å². The number of carboxylic acid groups (broad SMARTS) is 1. The third-order valence-electron chi connectivity index (χ3n) is 0.175. The van der Waals surface area contributed by atoms with Gasteiger partial charge in [0.25, 0.3) is 0 Å². The van der Waals surface area contributed by atoms with E-state index in [1.807, 2.05) is 0 Å². The van der Waals surface area contributed by atoms with Crippen molar-refractivity contribution in [3.63, 3.8) is 0 Å². The van der Waals surface area contributed by atoms with Crippen LogP contribution in [-0.4, -0.2) is 35.2 Å². The van der Waals surface area contributed by atoms with Crippen molar-refractivity contribution in [1.82, 2.24) is 0 Å². The maximum atomic E-state index is 9.24. The van der Waals surface area contributed by atoms with Gasteiger partial charge in [-0.15, -0.1) is 0 Å². The summed E-state index contributed by atoms with van der Waals surface area (Å²) in [6.45, 7) is -0.278. The van der Waals surface area contributed by atoms with Gasteiger partial charge in [0.1, 0.15) is 0 Å². The second-order valence-electron chi connectivity index (χ2n) is 0.598. The topological polar surface area (TPSA) is 63.3 Å². The number of carboxylic acids is 1. The van der Waals surface area contributed by atoms with Gasteiger partial charge in [-0.3, -0.25) is 4.79 Å². The Hall–Kier alpha value is -0.0271. The molecule has 0 aliphatic heterocycles. The minimum atomic E-state index is -0.968. The van der Waals surface area contributed by atoms with Gasteiger partial charge >= 0.3 is 23.6 Å². The van der Waals surface area contributed by atoms with E-state index in [9.17, 15) is 4.79 Å². The van der Waals surface area contributed by atoms with Crippen molar-refractivity contribution in [3.05, 3.63) is 0 Å². The van der Waals surface area contributed by atoms with E-state index in [0.29, 0.717) is 0 Å². The summed E-state index contributed by atoms with van der Waals surface area (Å²) < 4.78 is 0. The zero-order chi connectivity index (χ0) is 4.28. The summed E-state index contributed by atoms with van der Waals surface area (Å²) >= 11 is 0. The molecule has 0 heterocycles. The average molecular weight is 152 g/mol. The summed E-state index contributed by atoms with van der Waals surface area (Å²) in [5.74, 6) is -0.968. The van der Waals surface area contributed by atoms with Gasteiger partial charge in [-0.05, 0) is 0 Å². The Labute approximate surface area is 46.5 Å². The molecule has 6 heavy (non-hydrogen) atoms. The Morgan fingerprint density at radius 1 is 1.83 bits per heavy atom.